The molecule has 1 heterocycles. The molecule has 1 amide bonds. The quantitative estimate of drug-likeness (QED) is 0.434. The Morgan fingerprint density at radius 3 is 2.71 bits per heavy atom. The third-order valence-electron chi connectivity index (χ3n) is 4.85. The molecule has 1 aromatic carbocycles. The van der Waals surface area contributed by atoms with Gasteiger partial charge in [-0.2, -0.15) is 11.8 Å². The van der Waals surface area contributed by atoms with Crippen molar-refractivity contribution in [1.82, 2.24) is 16.0 Å². The molecule has 0 aromatic heterocycles. The van der Waals surface area contributed by atoms with E-state index in [0.29, 0.717) is 5.56 Å². The molecule has 6 nitrogen and oxygen atoms in total. The van der Waals surface area contributed by atoms with Crippen LogP contribution in [-0.4, -0.2) is 62.3 Å². The summed E-state index contributed by atoms with van der Waals surface area (Å²) in [4.78, 5) is 16.7. The average molecular weight is 407 g/mol. The zero-order chi connectivity index (χ0) is 20.2. The predicted molar refractivity (Wildman–Crippen MR) is 118 cm³/mol. The largest absolute Gasteiger partial charge is 0.381 e. The number of hydrogen-bond donors (Lipinski definition) is 3. The van der Waals surface area contributed by atoms with Gasteiger partial charge >= 0.3 is 0 Å². The number of hydrogen-bond acceptors (Lipinski definition) is 4. The Morgan fingerprint density at radius 2 is 2.04 bits per heavy atom. The number of carbonyl (C=O) groups is 1. The first kappa shape index (κ1) is 22.6. The first-order valence-electron chi connectivity index (χ1n) is 10.2. The van der Waals surface area contributed by atoms with Gasteiger partial charge in [-0.15, -0.1) is 0 Å². The fourth-order valence-electron chi connectivity index (χ4n) is 3.30. The number of nitrogens with zero attached hydrogens (tertiary/aromatic N) is 1. The summed E-state index contributed by atoms with van der Waals surface area (Å²) >= 11 is 2.01. The zero-order valence-corrected chi connectivity index (χ0v) is 18.2. The third kappa shape index (κ3) is 7.02. The summed E-state index contributed by atoms with van der Waals surface area (Å²) in [5.74, 6) is 1.90. The molecule has 1 aliphatic rings. The van der Waals surface area contributed by atoms with Gasteiger partial charge in [-0.3, -0.25) is 9.79 Å². The van der Waals surface area contributed by atoms with Crippen molar-refractivity contribution >= 4 is 23.6 Å². The fraction of sp³-hybridized carbons (Fsp3) is 0.619. The Kier molecular flexibility index (Phi) is 9.64. The lowest BCUT2D eigenvalue weighted by Crippen LogP contribution is -2.41. The summed E-state index contributed by atoms with van der Waals surface area (Å²) in [5.41, 5.74) is 1.82. The Labute approximate surface area is 173 Å². The van der Waals surface area contributed by atoms with Crippen molar-refractivity contribution in [3.8, 4) is 0 Å². The highest BCUT2D eigenvalue weighted by molar-refractivity contribution is 8.00. The highest BCUT2D eigenvalue weighted by atomic mass is 32.2. The molecule has 156 valence electrons. The SMILES string of the molecule is CCNC(=NCC1(SCC)CCOCC1)NCCc1cccc(C(=O)NC)c1. The van der Waals surface area contributed by atoms with Crippen LogP contribution in [0.25, 0.3) is 0 Å². The Hall–Kier alpha value is -1.73. The van der Waals surface area contributed by atoms with E-state index in [1.54, 1.807) is 7.05 Å². The van der Waals surface area contributed by atoms with Gasteiger partial charge in [0.25, 0.3) is 5.91 Å². The number of ether oxygens (including phenoxy) is 1. The first-order chi connectivity index (χ1) is 13.6. The number of thioether (sulfide) groups is 1. The van der Waals surface area contributed by atoms with Crippen LogP contribution in [-0.2, 0) is 11.2 Å². The van der Waals surface area contributed by atoms with Crippen LogP contribution in [0.1, 0.15) is 42.6 Å². The maximum Gasteiger partial charge on any atom is 0.251 e. The van der Waals surface area contributed by atoms with Crippen LogP contribution in [0.2, 0.25) is 0 Å². The van der Waals surface area contributed by atoms with Gasteiger partial charge in [0.15, 0.2) is 5.96 Å². The molecule has 0 atom stereocenters. The molecule has 1 fully saturated rings. The van der Waals surface area contributed by atoms with Crippen LogP contribution in [0.3, 0.4) is 0 Å². The number of amides is 1. The number of carbonyl (C=O) groups excluding carboxylic acids is 1. The molecule has 0 radical (unpaired) electrons. The van der Waals surface area contributed by atoms with Crippen molar-refractivity contribution in [3.05, 3.63) is 35.4 Å². The number of guanidine groups is 1. The van der Waals surface area contributed by atoms with E-state index in [0.717, 1.165) is 69.4 Å². The molecule has 1 saturated heterocycles. The van der Waals surface area contributed by atoms with Crippen LogP contribution < -0.4 is 16.0 Å². The zero-order valence-electron chi connectivity index (χ0n) is 17.3. The molecule has 3 N–H and O–H groups in total. The average Bonchev–Trinajstić information content (AvgIpc) is 2.72. The van der Waals surface area contributed by atoms with Crippen molar-refractivity contribution < 1.29 is 9.53 Å². The van der Waals surface area contributed by atoms with Gasteiger partial charge in [0.1, 0.15) is 0 Å². The minimum absolute atomic E-state index is 0.0557. The van der Waals surface area contributed by atoms with Crippen LogP contribution in [0, 0.1) is 0 Å². The van der Waals surface area contributed by atoms with E-state index < -0.39 is 0 Å². The molecule has 0 spiro atoms. The minimum atomic E-state index is -0.0557. The van der Waals surface area contributed by atoms with Crippen molar-refractivity contribution in [2.75, 3.05) is 45.6 Å². The monoisotopic (exact) mass is 406 g/mol. The lowest BCUT2D eigenvalue weighted by molar-refractivity contribution is 0.0793. The van der Waals surface area contributed by atoms with Crippen LogP contribution in [0.5, 0.6) is 0 Å². The van der Waals surface area contributed by atoms with Gasteiger partial charge in [-0.05, 0) is 49.6 Å². The second-order valence-corrected chi connectivity index (χ2v) is 8.61. The van der Waals surface area contributed by atoms with Gasteiger partial charge in [0.2, 0.25) is 0 Å². The Balaban J connectivity index is 1.93. The topological polar surface area (TPSA) is 74.8 Å². The van der Waals surface area contributed by atoms with E-state index in [4.69, 9.17) is 9.73 Å². The normalized spacial score (nSPS) is 16.5. The van der Waals surface area contributed by atoms with Gasteiger partial charge in [-0.25, -0.2) is 0 Å². The van der Waals surface area contributed by atoms with E-state index >= 15 is 0 Å². The molecule has 1 aliphatic heterocycles. The van der Waals surface area contributed by atoms with E-state index in [1.807, 2.05) is 36.0 Å². The van der Waals surface area contributed by atoms with Crippen molar-refractivity contribution in [2.24, 2.45) is 4.99 Å². The number of nitrogens with one attached hydrogen (secondary N) is 3. The minimum Gasteiger partial charge on any atom is -0.381 e. The van der Waals surface area contributed by atoms with E-state index in [1.165, 1.54) is 0 Å². The molecular weight excluding hydrogens is 372 g/mol. The fourth-order valence-corrected chi connectivity index (χ4v) is 4.52. The summed E-state index contributed by atoms with van der Waals surface area (Å²) < 4.78 is 5.74. The maximum absolute atomic E-state index is 11.8. The highest BCUT2D eigenvalue weighted by Gasteiger charge is 2.32. The molecular formula is C21H34N4O2S. The van der Waals surface area contributed by atoms with E-state index in [9.17, 15) is 4.79 Å². The third-order valence-corrected chi connectivity index (χ3v) is 6.28. The molecule has 28 heavy (non-hydrogen) atoms. The number of rotatable bonds is 9. The summed E-state index contributed by atoms with van der Waals surface area (Å²) in [5, 5.41) is 9.44. The summed E-state index contributed by atoms with van der Waals surface area (Å²) in [7, 11) is 1.65. The smallest absolute Gasteiger partial charge is 0.251 e. The highest BCUT2D eigenvalue weighted by Crippen LogP contribution is 2.35. The lowest BCUT2D eigenvalue weighted by Gasteiger charge is -2.35. The van der Waals surface area contributed by atoms with Crippen molar-refractivity contribution in [1.29, 1.82) is 0 Å². The van der Waals surface area contributed by atoms with Gasteiger partial charge in [0.05, 0.1) is 6.54 Å². The lowest BCUT2D eigenvalue weighted by atomic mass is 9.99. The summed E-state index contributed by atoms with van der Waals surface area (Å²) in [6.45, 7) is 8.34. The molecule has 2 rings (SSSR count). The molecule has 0 aliphatic carbocycles. The first-order valence-corrected chi connectivity index (χ1v) is 11.2. The standard InChI is InChI=1S/C21H34N4O2S/c1-4-23-20(25-16-21(28-5-2)10-13-27-14-11-21)24-12-9-17-7-6-8-18(15-17)19(26)22-3/h6-8,15H,4-5,9-14,16H2,1-3H3,(H,22,26)(H2,23,24,25). The summed E-state index contributed by atoms with van der Waals surface area (Å²) in [6.07, 6.45) is 2.94. The van der Waals surface area contributed by atoms with E-state index in [-0.39, 0.29) is 10.7 Å². The number of aliphatic imine (C=N–C) groups is 1. The van der Waals surface area contributed by atoms with Gasteiger partial charge in [0, 0.05) is 43.7 Å². The summed E-state index contributed by atoms with van der Waals surface area (Å²) in [6, 6.07) is 7.75. The van der Waals surface area contributed by atoms with Gasteiger partial charge < -0.3 is 20.7 Å². The Morgan fingerprint density at radius 1 is 1.25 bits per heavy atom. The molecule has 0 unspecified atom stereocenters. The second-order valence-electron chi connectivity index (χ2n) is 6.88. The van der Waals surface area contributed by atoms with Crippen LogP contribution in [0.15, 0.2) is 29.3 Å². The van der Waals surface area contributed by atoms with Crippen molar-refractivity contribution in [3.63, 3.8) is 0 Å². The Bertz CT molecular complexity index is 640. The molecule has 7 heteroatoms. The second kappa shape index (κ2) is 12.0. The molecule has 0 saturated carbocycles. The van der Waals surface area contributed by atoms with Crippen LogP contribution in [0.4, 0.5) is 0 Å². The van der Waals surface area contributed by atoms with Crippen molar-refractivity contribution in [2.45, 2.75) is 37.9 Å². The predicted octanol–water partition coefficient (Wildman–Crippen LogP) is 2.45. The van der Waals surface area contributed by atoms with E-state index in [2.05, 4.69) is 29.8 Å². The molecule has 1 aromatic rings. The van der Waals surface area contributed by atoms with Gasteiger partial charge in [-0.1, -0.05) is 19.1 Å². The number of benzene rings is 1. The molecule has 0 bridgehead atoms. The maximum atomic E-state index is 11.8. The van der Waals surface area contributed by atoms with Crippen LogP contribution >= 0.6 is 11.8 Å².